The van der Waals surface area contributed by atoms with E-state index in [9.17, 15) is 22.0 Å². The van der Waals surface area contributed by atoms with Gasteiger partial charge >= 0.3 is 6.03 Å². The number of benzene rings is 2. The Morgan fingerprint density at radius 3 is 2.56 bits per heavy atom. The summed E-state index contributed by atoms with van der Waals surface area (Å²) in [5.41, 5.74) is 0.320. The Labute approximate surface area is 182 Å². The van der Waals surface area contributed by atoms with Crippen LogP contribution in [0.3, 0.4) is 0 Å². The van der Waals surface area contributed by atoms with Crippen LogP contribution in [0.5, 0.6) is 0 Å². The summed E-state index contributed by atoms with van der Waals surface area (Å²) in [6.45, 7) is 2.06. The van der Waals surface area contributed by atoms with Crippen LogP contribution in [0.4, 0.5) is 19.4 Å². The number of nitrogens with zero attached hydrogens (tertiary/aromatic N) is 3. The predicted molar refractivity (Wildman–Crippen MR) is 114 cm³/mol. The summed E-state index contributed by atoms with van der Waals surface area (Å²) in [6.07, 6.45) is 0.464. The molecule has 11 heteroatoms. The molecule has 2 saturated heterocycles. The topological polar surface area (TPSA) is 95.7 Å². The van der Waals surface area contributed by atoms with Gasteiger partial charge in [-0.1, -0.05) is 23.4 Å². The van der Waals surface area contributed by atoms with Gasteiger partial charge in [0.05, 0.1) is 22.7 Å². The van der Waals surface area contributed by atoms with Crippen molar-refractivity contribution in [3.8, 4) is 11.1 Å². The number of hydrogen-bond donors (Lipinski definition) is 1. The van der Waals surface area contributed by atoms with Crippen LogP contribution >= 0.6 is 0 Å². The molecular weight excluding hydrogens is 442 g/mol. The third-order valence-electron chi connectivity index (χ3n) is 5.98. The van der Waals surface area contributed by atoms with Crippen molar-refractivity contribution in [1.82, 2.24) is 14.8 Å². The van der Waals surface area contributed by atoms with E-state index in [1.807, 2.05) is 0 Å². The zero-order valence-electron chi connectivity index (χ0n) is 17.1. The van der Waals surface area contributed by atoms with Crippen LogP contribution in [0.15, 0.2) is 40.9 Å². The minimum absolute atomic E-state index is 0.0332. The molecular formula is C21H20F2N4O4S. The van der Waals surface area contributed by atoms with Gasteiger partial charge in [0.25, 0.3) is 0 Å². The molecule has 3 aromatic rings. The van der Waals surface area contributed by atoms with Crippen LogP contribution in [0, 0.1) is 11.6 Å². The molecule has 1 unspecified atom stereocenters. The third kappa shape index (κ3) is 3.32. The SMILES string of the molecule is CCS(=O)(=O)N[C@H]1CC2CN(c3noc4cccc(-c5c(F)cccc5F)c34)C(=O)N2C1. The molecule has 2 atom stereocenters. The zero-order valence-corrected chi connectivity index (χ0v) is 17.9. The summed E-state index contributed by atoms with van der Waals surface area (Å²) in [4.78, 5) is 16.1. The summed E-state index contributed by atoms with van der Waals surface area (Å²) in [5.74, 6) is -1.31. The standard InChI is InChI=1S/C21H20F2N4O4S/c1-2-32(29,30)25-12-9-13-11-27(21(28)26(13)10-12)20-19-14(5-3-8-17(19)31-24-20)18-15(22)6-4-7-16(18)23/h3-8,12-13,25H,2,9-11H2,1H3/t12-,13?/m0/s1. The maximum atomic E-state index is 14.5. The number of fused-ring (bicyclic) bond motifs is 2. The molecule has 1 aromatic heterocycles. The first-order valence-electron chi connectivity index (χ1n) is 10.2. The largest absolute Gasteiger partial charge is 0.354 e. The lowest BCUT2D eigenvalue weighted by Gasteiger charge is -2.18. The molecule has 0 bridgehead atoms. The van der Waals surface area contributed by atoms with E-state index in [4.69, 9.17) is 4.52 Å². The predicted octanol–water partition coefficient (Wildman–Crippen LogP) is 3.10. The summed E-state index contributed by atoms with van der Waals surface area (Å²) in [7, 11) is -3.38. The first kappa shape index (κ1) is 20.8. The van der Waals surface area contributed by atoms with Crippen LogP contribution in [0.1, 0.15) is 13.3 Å². The van der Waals surface area contributed by atoms with Crippen molar-refractivity contribution >= 4 is 32.8 Å². The second kappa shape index (κ2) is 7.52. The van der Waals surface area contributed by atoms with Crippen molar-refractivity contribution in [2.45, 2.75) is 25.4 Å². The van der Waals surface area contributed by atoms with E-state index in [1.54, 1.807) is 30.0 Å². The number of halogens is 2. The smallest absolute Gasteiger partial charge is 0.326 e. The van der Waals surface area contributed by atoms with E-state index in [1.165, 1.54) is 23.1 Å². The lowest BCUT2D eigenvalue weighted by atomic mass is 10.00. The summed E-state index contributed by atoms with van der Waals surface area (Å²) >= 11 is 0. The highest BCUT2D eigenvalue weighted by Gasteiger charge is 2.46. The fraction of sp³-hybridized carbons (Fsp3) is 0.333. The molecule has 1 N–H and O–H groups in total. The number of carbonyl (C=O) groups excluding carboxylic acids is 1. The maximum Gasteiger partial charge on any atom is 0.326 e. The number of nitrogens with one attached hydrogen (secondary N) is 1. The van der Waals surface area contributed by atoms with Gasteiger partial charge in [-0.05, 0) is 31.5 Å². The lowest BCUT2D eigenvalue weighted by Crippen LogP contribution is -2.41. The molecule has 5 rings (SSSR count). The van der Waals surface area contributed by atoms with Crippen molar-refractivity contribution < 1.29 is 26.5 Å². The number of anilines is 1. The molecule has 2 fully saturated rings. The minimum Gasteiger partial charge on any atom is -0.354 e. The van der Waals surface area contributed by atoms with Crippen LogP contribution in [0.25, 0.3) is 22.1 Å². The number of rotatable bonds is 5. The third-order valence-corrected chi connectivity index (χ3v) is 7.43. The number of sulfonamides is 1. The first-order valence-corrected chi connectivity index (χ1v) is 11.8. The summed E-state index contributed by atoms with van der Waals surface area (Å²) in [5, 5.41) is 4.38. The fourth-order valence-electron chi connectivity index (χ4n) is 4.49. The molecule has 2 amide bonds. The Bertz CT molecular complexity index is 1310. The van der Waals surface area contributed by atoms with E-state index < -0.39 is 21.7 Å². The van der Waals surface area contributed by atoms with Crippen LogP contribution in [0.2, 0.25) is 0 Å². The highest BCUT2D eigenvalue weighted by molar-refractivity contribution is 7.89. The van der Waals surface area contributed by atoms with E-state index in [-0.39, 0.29) is 53.9 Å². The monoisotopic (exact) mass is 462 g/mol. The fourth-order valence-corrected chi connectivity index (χ4v) is 5.34. The molecule has 168 valence electrons. The lowest BCUT2D eigenvalue weighted by molar-refractivity contribution is 0.218. The van der Waals surface area contributed by atoms with Gasteiger partial charge in [0.1, 0.15) is 11.6 Å². The molecule has 0 saturated carbocycles. The Balaban J connectivity index is 1.50. The van der Waals surface area contributed by atoms with Gasteiger partial charge in [-0.25, -0.2) is 26.7 Å². The molecule has 0 aliphatic carbocycles. The Morgan fingerprint density at radius 1 is 1.16 bits per heavy atom. The molecule has 0 radical (unpaired) electrons. The van der Waals surface area contributed by atoms with Gasteiger partial charge < -0.3 is 9.42 Å². The Hall–Kier alpha value is -3.05. The van der Waals surface area contributed by atoms with Crippen molar-refractivity contribution in [2.24, 2.45) is 0 Å². The number of aromatic nitrogens is 1. The van der Waals surface area contributed by atoms with Gasteiger partial charge in [-0.15, -0.1) is 0 Å². The van der Waals surface area contributed by atoms with Crippen LogP contribution < -0.4 is 9.62 Å². The van der Waals surface area contributed by atoms with Crippen molar-refractivity contribution in [1.29, 1.82) is 0 Å². The average molecular weight is 462 g/mol. The van der Waals surface area contributed by atoms with Crippen LogP contribution in [-0.2, 0) is 10.0 Å². The van der Waals surface area contributed by atoms with Gasteiger partial charge in [-0.2, -0.15) is 0 Å². The van der Waals surface area contributed by atoms with Crippen molar-refractivity contribution in [3.63, 3.8) is 0 Å². The van der Waals surface area contributed by atoms with Crippen LogP contribution in [-0.4, -0.2) is 55.4 Å². The van der Waals surface area contributed by atoms with E-state index in [0.717, 1.165) is 0 Å². The van der Waals surface area contributed by atoms with Gasteiger partial charge in [0.2, 0.25) is 10.0 Å². The molecule has 0 spiro atoms. The highest BCUT2D eigenvalue weighted by atomic mass is 32.2. The molecule has 2 aliphatic rings. The highest BCUT2D eigenvalue weighted by Crippen LogP contribution is 2.40. The normalized spacial score (nSPS) is 21.0. The summed E-state index contributed by atoms with van der Waals surface area (Å²) < 4.78 is 60.8. The number of amides is 2. The molecule has 2 aliphatic heterocycles. The molecule has 32 heavy (non-hydrogen) atoms. The number of urea groups is 1. The van der Waals surface area contributed by atoms with E-state index in [2.05, 4.69) is 9.88 Å². The number of carbonyl (C=O) groups is 1. The van der Waals surface area contributed by atoms with Crippen molar-refractivity contribution in [2.75, 3.05) is 23.7 Å². The average Bonchev–Trinajstić information content (AvgIpc) is 3.42. The van der Waals surface area contributed by atoms with Gasteiger partial charge in [0, 0.05) is 24.7 Å². The first-order chi connectivity index (χ1) is 15.3. The van der Waals surface area contributed by atoms with E-state index >= 15 is 0 Å². The Kier molecular flexibility index (Phi) is 4.90. The second-order valence-electron chi connectivity index (χ2n) is 7.93. The summed E-state index contributed by atoms with van der Waals surface area (Å²) in [6, 6.07) is 7.47. The maximum absolute atomic E-state index is 14.5. The number of hydrogen-bond acceptors (Lipinski definition) is 5. The Morgan fingerprint density at radius 2 is 1.88 bits per heavy atom. The minimum atomic E-state index is -3.38. The molecule has 8 nitrogen and oxygen atoms in total. The quantitative estimate of drug-likeness (QED) is 0.629. The molecule has 2 aromatic carbocycles. The van der Waals surface area contributed by atoms with Crippen molar-refractivity contribution in [3.05, 3.63) is 48.0 Å². The van der Waals surface area contributed by atoms with E-state index in [0.29, 0.717) is 17.4 Å². The zero-order chi connectivity index (χ0) is 22.6. The van der Waals surface area contributed by atoms with Gasteiger partial charge in [0.15, 0.2) is 11.4 Å². The second-order valence-corrected chi connectivity index (χ2v) is 9.98. The van der Waals surface area contributed by atoms with Gasteiger partial charge in [-0.3, -0.25) is 4.90 Å². The molecule has 3 heterocycles.